The fourth-order valence-corrected chi connectivity index (χ4v) is 8.48. The van der Waals surface area contributed by atoms with Crippen LogP contribution in [0.5, 0.6) is 0 Å². The summed E-state index contributed by atoms with van der Waals surface area (Å²) in [5.41, 5.74) is 2.99. The van der Waals surface area contributed by atoms with Crippen LogP contribution in [0.3, 0.4) is 0 Å². The zero-order valence-electron chi connectivity index (χ0n) is 31.0. The normalized spacial score (nSPS) is 18.1. The molecule has 0 aliphatic carbocycles. The summed E-state index contributed by atoms with van der Waals surface area (Å²) in [6.45, 7) is 3.57. The second-order valence-corrected chi connectivity index (χ2v) is 15.3. The number of amides is 4. The van der Waals surface area contributed by atoms with E-state index in [1.165, 1.54) is 0 Å². The molecule has 290 valence electrons. The molecule has 55 heavy (non-hydrogen) atoms. The number of aromatic nitrogens is 4. The van der Waals surface area contributed by atoms with E-state index in [9.17, 15) is 19.5 Å². The number of pyridine rings is 4. The Hall–Kier alpha value is -4.96. The Labute approximate surface area is 326 Å². The van der Waals surface area contributed by atoms with Gasteiger partial charge < -0.3 is 26.4 Å². The standard InChI is InChI=1S/C40H50N10O4S/c51-34(27-50(25-32-11-5-7-17-42-32)29-48-20-8-1-9-21-48)26-49(23-31-10-4-6-16-41-31)24-33-15-14-30(22-45-33)39(53)44-19-18-43-37(52)13-3-2-12-36-38-35(28-55-36)46-40(54)47-38/h1,4-11,14-17,20-22,34-36,38,51H,2-3,12-13,18-19,23-29H2,(H3-,43,44,46,47,52,53,54)/p+1/t34?,35-,36?,38-/m0/s1. The van der Waals surface area contributed by atoms with Crippen molar-refractivity contribution < 1.29 is 24.1 Å². The fraction of sp³-hybridized carbons (Fsp3) is 0.425. The molecule has 0 spiro atoms. The predicted octanol–water partition coefficient (Wildman–Crippen LogP) is 2.25. The lowest BCUT2D eigenvalue weighted by Gasteiger charge is -2.27. The number of hydrogen-bond acceptors (Lipinski definition) is 10. The zero-order valence-corrected chi connectivity index (χ0v) is 31.8. The van der Waals surface area contributed by atoms with Gasteiger partial charge in [-0.25, -0.2) is 9.69 Å². The number of hydrogen-bond donors (Lipinski definition) is 5. The van der Waals surface area contributed by atoms with Crippen molar-refractivity contribution in [2.75, 3.05) is 31.9 Å². The minimum absolute atomic E-state index is 0.0376. The van der Waals surface area contributed by atoms with Crippen molar-refractivity contribution in [1.82, 2.24) is 46.0 Å². The van der Waals surface area contributed by atoms with Crippen molar-refractivity contribution in [3.05, 3.63) is 120 Å². The summed E-state index contributed by atoms with van der Waals surface area (Å²) in [4.78, 5) is 54.7. The van der Waals surface area contributed by atoms with Crippen molar-refractivity contribution in [3.8, 4) is 0 Å². The van der Waals surface area contributed by atoms with E-state index in [2.05, 4.69) is 50.6 Å². The molecule has 4 aromatic heterocycles. The third kappa shape index (κ3) is 12.8. The molecule has 0 saturated carbocycles. The number of carbonyl (C=O) groups is 3. The Kier molecular flexibility index (Phi) is 14.9. The van der Waals surface area contributed by atoms with Gasteiger partial charge in [-0.15, -0.1) is 0 Å². The maximum Gasteiger partial charge on any atom is 0.315 e. The van der Waals surface area contributed by atoms with Crippen molar-refractivity contribution in [1.29, 1.82) is 0 Å². The van der Waals surface area contributed by atoms with Crippen LogP contribution in [-0.2, 0) is 31.1 Å². The van der Waals surface area contributed by atoms with Crippen LogP contribution in [0.15, 0.2) is 97.7 Å². The van der Waals surface area contributed by atoms with E-state index < -0.39 is 6.10 Å². The molecule has 14 nitrogen and oxygen atoms in total. The van der Waals surface area contributed by atoms with Crippen LogP contribution in [-0.4, -0.2) is 103 Å². The highest BCUT2D eigenvalue weighted by Gasteiger charge is 2.42. The van der Waals surface area contributed by atoms with Gasteiger partial charge in [-0.1, -0.05) is 24.6 Å². The SMILES string of the molecule is O=C(CCCCC1SC[C@@H]2NC(=O)N[C@H]12)NCCNC(=O)c1ccc(CN(Cc2ccccn2)CC(O)CN(Cc2ccccn2)C[n+]2ccccc2)nc1. The Balaban J connectivity index is 0.945. The number of thioether (sulfide) groups is 1. The molecule has 2 saturated heterocycles. The van der Waals surface area contributed by atoms with E-state index in [-0.39, 0.29) is 29.9 Å². The number of aliphatic hydroxyl groups is 1. The predicted molar refractivity (Wildman–Crippen MR) is 209 cm³/mol. The van der Waals surface area contributed by atoms with E-state index in [0.29, 0.717) is 69.7 Å². The molecule has 2 aliphatic rings. The summed E-state index contributed by atoms with van der Waals surface area (Å²) in [6.07, 6.45) is 11.5. The third-order valence-electron chi connectivity index (χ3n) is 9.59. The average Bonchev–Trinajstić information content (AvgIpc) is 3.75. The van der Waals surface area contributed by atoms with Crippen molar-refractivity contribution in [3.63, 3.8) is 0 Å². The second kappa shape index (κ2) is 20.6. The lowest BCUT2D eigenvalue weighted by Crippen LogP contribution is -2.47. The summed E-state index contributed by atoms with van der Waals surface area (Å²) in [5, 5.41) is 23.5. The topological polar surface area (TPSA) is 169 Å². The lowest BCUT2D eigenvalue weighted by atomic mass is 10.0. The molecule has 4 aromatic rings. The van der Waals surface area contributed by atoms with Gasteiger partial charge in [0.15, 0.2) is 12.4 Å². The first-order valence-corrected chi connectivity index (χ1v) is 20.0. The Morgan fingerprint density at radius 1 is 0.836 bits per heavy atom. The Morgan fingerprint density at radius 3 is 2.22 bits per heavy atom. The van der Waals surface area contributed by atoms with Crippen LogP contribution in [0, 0.1) is 0 Å². The van der Waals surface area contributed by atoms with Gasteiger partial charge in [0.05, 0.1) is 40.8 Å². The minimum Gasteiger partial charge on any atom is -0.390 e. The first kappa shape index (κ1) is 39.7. The quantitative estimate of drug-likeness (QED) is 0.0482. The van der Waals surface area contributed by atoms with Gasteiger partial charge in [-0.05, 0) is 49.2 Å². The summed E-state index contributed by atoms with van der Waals surface area (Å²) in [7, 11) is 0. The molecule has 4 atom stereocenters. The van der Waals surface area contributed by atoms with Crippen LogP contribution in [0.2, 0.25) is 0 Å². The van der Waals surface area contributed by atoms with Crippen LogP contribution in [0.4, 0.5) is 4.79 Å². The second-order valence-electron chi connectivity index (χ2n) is 14.0. The maximum atomic E-state index is 12.9. The summed E-state index contributed by atoms with van der Waals surface area (Å²) < 4.78 is 2.07. The minimum atomic E-state index is -0.679. The van der Waals surface area contributed by atoms with E-state index >= 15 is 0 Å². The van der Waals surface area contributed by atoms with Gasteiger partial charge in [0.25, 0.3) is 5.91 Å². The maximum absolute atomic E-state index is 12.9. The number of aliphatic hydroxyl groups excluding tert-OH is 1. The molecule has 5 N–H and O–H groups in total. The highest BCUT2D eigenvalue weighted by Crippen LogP contribution is 2.33. The molecule has 2 aliphatic heterocycles. The van der Waals surface area contributed by atoms with Crippen LogP contribution >= 0.6 is 11.8 Å². The van der Waals surface area contributed by atoms with Gasteiger partial charge in [0, 0.05) is 94.0 Å². The van der Waals surface area contributed by atoms with E-state index in [1.807, 2.05) is 84.8 Å². The Bertz CT molecular complexity index is 1750. The molecule has 0 radical (unpaired) electrons. The summed E-state index contributed by atoms with van der Waals surface area (Å²) in [5.74, 6) is 0.629. The molecule has 6 heterocycles. The molecular weight excluding hydrogens is 717 g/mol. The van der Waals surface area contributed by atoms with Gasteiger partial charge in [-0.3, -0.25) is 29.4 Å². The molecule has 4 amide bonds. The largest absolute Gasteiger partial charge is 0.390 e. The van der Waals surface area contributed by atoms with Gasteiger partial charge in [-0.2, -0.15) is 16.3 Å². The smallest absolute Gasteiger partial charge is 0.315 e. The zero-order chi connectivity index (χ0) is 38.2. The number of unbranched alkanes of at least 4 members (excludes halogenated alkanes) is 1. The molecule has 15 heteroatoms. The van der Waals surface area contributed by atoms with Gasteiger partial charge in [0.2, 0.25) is 12.6 Å². The molecule has 6 rings (SSSR count). The molecule has 0 aromatic carbocycles. The number of rotatable bonds is 21. The highest BCUT2D eigenvalue weighted by atomic mass is 32.2. The molecule has 0 bridgehead atoms. The van der Waals surface area contributed by atoms with Crippen LogP contribution in [0.1, 0.15) is 53.1 Å². The van der Waals surface area contributed by atoms with Gasteiger partial charge in [0.1, 0.15) is 0 Å². The first-order valence-electron chi connectivity index (χ1n) is 18.9. The average molecular weight is 768 g/mol. The number of nitrogens with zero attached hydrogens (tertiary/aromatic N) is 6. The summed E-state index contributed by atoms with van der Waals surface area (Å²) in [6, 6.07) is 21.5. The van der Waals surface area contributed by atoms with Crippen molar-refractivity contribution in [2.45, 2.75) is 75.4 Å². The van der Waals surface area contributed by atoms with Crippen molar-refractivity contribution in [2.24, 2.45) is 0 Å². The molecule has 2 unspecified atom stereocenters. The van der Waals surface area contributed by atoms with Crippen molar-refractivity contribution >= 4 is 29.6 Å². The monoisotopic (exact) mass is 767 g/mol. The van der Waals surface area contributed by atoms with Crippen LogP contribution in [0.25, 0.3) is 0 Å². The summed E-state index contributed by atoms with van der Waals surface area (Å²) >= 11 is 1.88. The molecule has 2 fully saturated rings. The first-order chi connectivity index (χ1) is 26.9. The van der Waals surface area contributed by atoms with Gasteiger partial charge >= 0.3 is 6.03 Å². The third-order valence-corrected chi connectivity index (χ3v) is 11.1. The number of carbonyl (C=O) groups excluding carboxylic acids is 3. The van der Waals surface area contributed by atoms with E-state index in [1.54, 1.807) is 24.7 Å². The number of fused-ring (bicyclic) bond motifs is 1. The molecular formula is C40H51N10O4S+. The number of urea groups is 1. The van der Waals surface area contributed by atoms with E-state index in [0.717, 1.165) is 42.1 Å². The number of nitrogens with one attached hydrogen (secondary N) is 4. The Morgan fingerprint density at radius 2 is 1.53 bits per heavy atom. The van der Waals surface area contributed by atoms with E-state index in [4.69, 9.17) is 0 Å². The lowest BCUT2D eigenvalue weighted by molar-refractivity contribution is -0.716. The van der Waals surface area contributed by atoms with Crippen LogP contribution < -0.4 is 25.8 Å². The highest BCUT2D eigenvalue weighted by molar-refractivity contribution is 8.00. The fourth-order valence-electron chi connectivity index (χ4n) is 6.94.